The molecule has 0 spiro atoms. The Morgan fingerprint density at radius 1 is 1.11 bits per heavy atom. The van der Waals surface area contributed by atoms with Crippen LogP contribution in [0.25, 0.3) is 11.3 Å². The predicted octanol–water partition coefficient (Wildman–Crippen LogP) is 2.76. The zero-order chi connectivity index (χ0) is 14.0. The van der Waals surface area contributed by atoms with Gasteiger partial charge in [-0.15, -0.1) is 0 Å². The minimum atomic E-state index is -4.59. The van der Waals surface area contributed by atoms with Gasteiger partial charge >= 0.3 is 6.18 Å². The van der Waals surface area contributed by atoms with E-state index in [-0.39, 0.29) is 23.4 Å². The van der Waals surface area contributed by atoms with Gasteiger partial charge in [-0.3, -0.25) is 9.97 Å². The molecule has 0 aliphatic rings. The number of hydrogen-bond acceptors (Lipinski definition) is 3. The molecule has 100 valence electrons. The fraction of sp³-hybridized carbons (Fsp3) is 0.167. The lowest BCUT2D eigenvalue weighted by Gasteiger charge is -2.09. The zero-order valence-corrected chi connectivity index (χ0v) is 9.58. The summed E-state index contributed by atoms with van der Waals surface area (Å²) in [7, 11) is 0. The average Bonchev–Trinajstić information content (AvgIpc) is 2.38. The lowest BCUT2D eigenvalue weighted by Crippen LogP contribution is -2.08. The molecule has 19 heavy (non-hydrogen) atoms. The van der Waals surface area contributed by atoms with Crippen molar-refractivity contribution in [2.45, 2.75) is 12.7 Å². The molecule has 2 N–H and O–H groups in total. The van der Waals surface area contributed by atoms with E-state index in [0.717, 1.165) is 12.3 Å². The van der Waals surface area contributed by atoms with Crippen LogP contribution in [0.5, 0.6) is 0 Å². The molecule has 0 aromatic carbocycles. The first-order chi connectivity index (χ1) is 8.93. The van der Waals surface area contributed by atoms with E-state index < -0.39 is 17.7 Å². The molecule has 3 nitrogen and oxygen atoms in total. The average molecular weight is 271 g/mol. The number of alkyl halides is 3. The van der Waals surface area contributed by atoms with Crippen LogP contribution in [0.15, 0.2) is 30.6 Å². The fourth-order valence-corrected chi connectivity index (χ4v) is 1.58. The summed E-state index contributed by atoms with van der Waals surface area (Å²) < 4.78 is 51.5. The highest BCUT2D eigenvalue weighted by molar-refractivity contribution is 5.60. The third-order valence-electron chi connectivity index (χ3n) is 2.51. The van der Waals surface area contributed by atoms with Crippen LogP contribution < -0.4 is 5.73 Å². The summed E-state index contributed by atoms with van der Waals surface area (Å²) in [6.07, 6.45) is -2.32. The van der Waals surface area contributed by atoms with E-state index in [1.807, 2.05) is 0 Å². The summed E-state index contributed by atoms with van der Waals surface area (Å²) in [4.78, 5) is 6.96. The van der Waals surface area contributed by atoms with Crippen LogP contribution in [0, 0.1) is 5.82 Å². The van der Waals surface area contributed by atoms with Crippen LogP contribution in [-0.4, -0.2) is 9.97 Å². The van der Waals surface area contributed by atoms with Gasteiger partial charge in [-0.2, -0.15) is 13.2 Å². The van der Waals surface area contributed by atoms with Gasteiger partial charge in [0.1, 0.15) is 11.4 Å². The van der Waals surface area contributed by atoms with Gasteiger partial charge in [0.25, 0.3) is 0 Å². The second kappa shape index (κ2) is 4.93. The van der Waals surface area contributed by atoms with Gasteiger partial charge in [0.2, 0.25) is 0 Å². The van der Waals surface area contributed by atoms with Gasteiger partial charge in [-0.25, -0.2) is 4.39 Å². The molecule has 2 aromatic heterocycles. The highest BCUT2D eigenvalue weighted by atomic mass is 19.4. The van der Waals surface area contributed by atoms with Crippen molar-refractivity contribution in [1.82, 2.24) is 9.97 Å². The van der Waals surface area contributed by atoms with Crippen molar-refractivity contribution in [3.05, 3.63) is 47.7 Å². The molecule has 0 fully saturated rings. The molecule has 0 saturated heterocycles. The Labute approximate surface area is 106 Å². The van der Waals surface area contributed by atoms with E-state index in [1.54, 1.807) is 0 Å². The van der Waals surface area contributed by atoms with Crippen LogP contribution in [0.2, 0.25) is 0 Å². The highest BCUT2D eigenvalue weighted by Gasteiger charge is 2.32. The maximum Gasteiger partial charge on any atom is 0.433 e. The summed E-state index contributed by atoms with van der Waals surface area (Å²) in [5.41, 5.74) is 4.27. The van der Waals surface area contributed by atoms with Crippen LogP contribution in [0.4, 0.5) is 17.6 Å². The molecule has 0 atom stereocenters. The van der Waals surface area contributed by atoms with E-state index in [4.69, 9.17) is 5.73 Å². The Kier molecular flexibility index (Phi) is 3.48. The summed E-state index contributed by atoms with van der Waals surface area (Å²) in [6.45, 7) is -0.0570. The quantitative estimate of drug-likeness (QED) is 0.854. The fourth-order valence-electron chi connectivity index (χ4n) is 1.58. The second-order valence-corrected chi connectivity index (χ2v) is 3.76. The molecule has 2 rings (SSSR count). The Balaban J connectivity index is 2.54. The van der Waals surface area contributed by atoms with Gasteiger partial charge in [0.15, 0.2) is 5.82 Å². The summed E-state index contributed by atoms with van der Waals surface area (Å²) in [6, 6.07) is 3.40. The summed E-state index contributed by atoms with van der Waals surface area (Å²) in [5.74, 6) is -0.718. The van der Waals surface area contributed by atoms with Crippen molar-refractivity contribution < 1.29 is 17.6 Å². The number of nitrogens with zero attached hydrogens (tertiary/aromatic N) is 2. The molecular weight excluding hydrogens is 262 g/mol. The van der Waals surface area contributed by atoms with E-state index in [2.05, 4.69) is 9.97 Å². The standard InChI is InChI=1S/C12H9F4N3/c13-10-8(6-17)2-4-19-11(10)7-1-3-18-9(5-7)12(14,15)16/h1-5H,6,17H2. The van der Waals surface area contributed by atoms with Gasteiger partial charge in [-0.05, 0) is 18.2 Å². The Hall–Kier alpha value is -2.02. The first-order valence-corrected chi connectivity index (χ1v) is 5.30. The number of nitrogens with two attached hydrogens (primary N) is 1. The third kappa shape index (κ3) is 2.70. The number of rotatable bonds is 2. The van der Waals surface area contributed by atoms with Crippen molar-refractivity contribution in [2.24, 2.45) is 5.73 Å². The lowest BCUT2D eigenvalue weighted by atomic mass is 10.1. The molecule has 2 aromatic rings. The summed E-state index contributed by atoms with van der Waals surface area (Å²) >= 11 is 0. The zero-order valence-electron chi connectivity index (χ0n) is 9.58. The van der Waals surface area contributed by atoms with Crippen LogP contribution in [-0.2, 0) is 12.7 Å². The minimum Gasteiger partial charge on any atom is -0.326 e. The topological polar surface area (TPSA) is 51.8 Å². The first kappa shape index (κ1) is 13.4. The van der Waals surface area contributed by atoms with E-state index in [1.165, 1.54) is 18.3 Å². The van der Waals surface area contributed by atoms with Gasteiger partial charge in [0, 0.05) is 30.1 Å². The minimum absolute atomic E-state index is 0.00938. The smallest absolute Gasteiger partial charge is 0.326 e. The van der Waals surface area contributed by atoms with Crippen LogP contribution >= 0.6 is 0 Å². The molecular formula is C12H9F4N3. The van der Waals surface area contributed by atoms with E-state index >= 15 is 0 Å². The Morgan fingerprint density at radius 2 is 1.79 bits per heavy atom. The molecule has 0 aliphatic carbocycles. The molecule has 0 amide bonds. The van der Waals surface area contributed by atoms with Crippen molar-refractivity contribution in [1.29, 1.82) is 0 Å². The molecule has 0 bridgehead atoms. The maximum atomic E-state index is 13.9. The largest absolute Gasteiger partial charge is 0.433 e. The molecule has 0 unspecified atom stereocenters. The molecule has 0 radical (unpaired) electrons. The predicted molar refractivity (Wildman–Crippen MR) is 60.3 cm³/mol. The van der Waals surface area contributed by atoms with Crippen molar-refractivity contribution >= 4 is 0 Å². The van der Waals surface area contributed by atoms with Crippen LogP contribution in [0.3, 0.4) is 0 Å². The normalized spacial score (nSPS) is 11.6. The first-order valence-electron chi connectivity index (χ1n) is 5.30. The Morgan fingerprint density at radius 3 is 2.42 bits per heavy atom. The monoisotopic (exact) mass is 271 g/mol. The van der Waals surface area contributed by atoms with Crippen molar-refractivity contribution in [3.8, 4) is 11.3 Å². The lowest BCUT2D eigenvalue weighted by molar-refractivity contribution is -0.141. The molecule has 7 heteroatoms. The molecule has 2 heterocycles. The Bertz CT molecular complexity index is 596. The van der Waals surface area contributed by atoms with Gasteiger partial charge in [-0.1, -0.05) is 0 Å². The van der Waals surface area contributed by atoms with Crippen molar-refractivity contribution in [2.75, 3.05) is 0 Å². The van der Waals surface area contributed by atoms with Crippen LogP contribution in [0.1, 0.15) is 11.3 Å². The summed E-state index contributed by atoms with van der Waals surface area (Å²) in [5, 5.41) is 0. The highest BCUT2D eigenvalue weighted by Crippen LogP contribution is 2.30. The SMILES string of the molecule is NCc1ccnc(-c2ccnc(C(F)(F)F)c2)c1F. The van der Waals surface area contributed by atoms with Gasteiger partial charge in [0.05, 0.1) is 0 Å². The number of aromatic nitrogens is 2. The molecule has 0 aliphatic heterocycles. The molecule has 0 saturated carbocycles. The third-order valence-corrected chi connectivity index (χ3v) is 2.51. The van der Waals surface area contributed by atoms with Crippen molar-refractivity contribution in [3.63, 3.8) is 0 Å². The number of hydrogen-bond donors (Lipinski definition) is 1. The van der Waals surface area contributed by atoms with E-state index in [9.17, 15) is 17.6 Å². The number of halogens is 4. The van der Waals surface area contributed by atoms with E-state index in [0.29, 0.717) is 0 Å². The number of pyridine rings is 2. The van der Waals surface area contributed by atoms with Gasteiger partial charge < -0.3 is 5.73 Å². The second-order valence-electron chi connectivity index (χ2n) is 3.76. The maximum absolute atomic E-state index is 13.9.